The second-order valence-electron chi connectivity index (χ2n) is 6.07. The van der Waals surface area contributed by atoms with Crippen molar-refractivity contribution in [3.63, 3.8) is 0 Å². The molecule has 0 aliphatic rings. The van der Waals surface area contributed by atoms with Gasteiger partial charge in [-0.15, -0.1) is 0 Å². The number of amides is 1. The molecule has 0 fully saturated rings. The minimum absolute atomic E-state index is 0.0512. The van der Waals surface area contributed by atoms with E-state index in [1.807, 2.05) is 27.7 Å². The van der Waals surface area contributed by atoms with Gasteiger partial charge in [0, 0.05) is 6.04 Å². The van der Waals surface area contributed by atoms with Crippen molar-refractivity contribution in [2.45, 2.75) is 46.8 Å². The number of carbonyl (C=O) groups is 2. The van der Waals surface area contributed by atoms with E-state index in [0.717, 1.165) is 23.4 Å². The molecule has 140 valence electrons. The summed E-state index contributed by atoms with van der Waals surface area (Å²) in [7, 11) is 0. The molecule has 2 rings (SSSR count). The third kappa shape index (κ3) is 5.34. The number of esters is 1. The summed E-state index contributed by atoms with van der Waals surface area (Å²) in [4.78, 5) is 23.6. The first-order valence-electron chi connectivity index (χ1n) is 8.51. The van der Waals surface area contributed by atoms with E-state index in [1.165, 1.54) is 0 Å². The number of nitrogens with zero attached hydrogens (tertiary/aromatic N) is 1. The highest BCUT2D eigenvalue weighted by atomic mass is 16.5. The molecule has 1 heterocycles. The number of ether oxygens (including phenoxy) is 2. The third-order valence-electron chi connectivity index (χ3n) is 4.01. The summed E-state index contributed by atoms with van der Waals surface area (Å²) >= 11 is 0. The second kappa shape index (κ2) is 9.03. The lowest BCUT2D eigenvalue weighted by Gasteiger charge is -2.11. The van der Waals surface area contributed by atoms with E-state index in [0.29, 0.717) is 17.9 Å². The highest BCUT2D eigenvalue weighted by molar-refractivity contribution is 5.91. The van der Waals surface area contributed by atoms with Crippen molar-refractivity contribution >= 4 is 11.9 Å². The van der Waals surface area contributed by atoms with Crippen LogP contribution in [0.2, 0.25) is 0 Å². The van der Waals surface area contributed by atoms with Crippen LogP contribution in [0.15, 0.2) is 28.8 Å². The topological polar surface area (TPSA) is 90.7 Å². The Morgan fingerprint density at radius 1 is 1.23 bits per heavy atom. The van der Waals surface area contributed by atoms with E-state index in [2.05, 4.69) is 10.5 Å². The largest absolute Gasteiger partial charge is 0.489 e. The van der Waals surface area contributed by atoms with Crippen molar-refractivity contribution < 1.29 is 23.6 Å². The maximum absolute atomic E-state index is 12.0. The SMILES string of the molecule is CC[C@@H](C)NC(=O)COC(=O)c1ccc(OCc2c(C)noc2C)cc1. The monoisotopic (exact) mass is 360 g/mol. The fourth-order valence-corrected chi connectivity index (χ4v) is 2.18. The Morgan fingerprint density at radius 3 is 2.50 bits per heavy atom. The number of nitrogens with one attached hydrogen (secondary N) is 1. The Kier molecular flexibility index (Phi) is 6.77. The first kappa shape index (κ1) is 19.5. The molecular formula is C19H24N2O5. The van der Waals surface area contributed by atoms with E-state index in [1.54, 1.807) is 24.3 Å². The summed E-state index contributed by atoms with van der Waals surface area (Å²) in [5, 5.41) is 6.61. The van der Waals surface area contributed by atoms with Gasteiger partial charge in [-0.2, -0.15) is 0 Å². The lowest BCUT2D eigenvalue weighted by molar-refractivity contribution is -0.124. The summed E-state index contributed by atoms with van der Waals surface area (Å²) in [5.41, 5.74) is 2.05. The molecule has 1 atom stereocenters. The zero-order valence-electron chi connectivity index (χ0n) is 15.5. The van der Waals surface area contributed by atoms with Gasteiger partial charge in [-0.25, -0.2) is 4.79 Å². The lowest BCUT2D eigenvalue weighted by Crippen LogP contribution is -2.35. The molecule has 1 N–H and O–H groups in total. The predicted molar refractivity (Wildman–Crippen MR) is 94.9 cm³/mol. The summed E-state index contributed by atoms with van der Waals surface area (Å²) in [5.74, 6) is 0.461. The van der Waals surface area contributed by atoms with Crippen LogP contribution in [0.4, 0.5) is 0 Å². The van der Waals surface area contributed by atoms with Crippen molar-refractivity contribution in [2.75, 3.05) is 6.61 Å². The third-order valence-corrected chi connectivity index (χ3v) is 4.01. The summed E-state index contributed by atoms with van der Waals surface area (Å²) in [6.45, 7) is 7.57. The van der Waals surface area contributed by atoms with Crippen molar-refractivity contribution in [3.05, 3.63) is 46.8 Å². The number of rotatable bonds is 8. The van der Waals surface area contributed by atoms with Crippen LogP contribution in [-0.4, -0.2) is 29.7 Å². The van der Waals surface area contributed by atoms with Crippen LogP contribution in [0.3, 0.4) is 0 Å². The van der Waals surface area contributed by atoms with Gasteiger partial charge in [0.15, 0.2) is 6.61 Å². The number of hydrogen-bond donors (Lipinski definition) is 1. The van der Waals surface area contributed by atoms with Gasteiger partial charge < -0.3 is 19.3 Å². The highest BCUT2D eigenvalue weighted by Gasteiger charge is 2.13. The normalized spacial score (nSPS) is 11.7. The van der Waals surface area contributed by atoms with E-state index < -0.39 is 5.97 Å². The number of benzene rings is 1. The maximum atomic E-state index is 12.0. The Hall–Kier alpha value is -2.83. The van der Waals surface area contributed by atoms with Gasteiger partial charge in [-0.1, -0.05) is 12.1 Å². The van der Waals surface area contributed by atoms with Crippen molar-refractivity contribution in [1.29, 1.82) is 0 Å². The molecule has 0 unspecified atom stereocenters. The number of hydrogen-bond acceptors (Lipinski definition) is 6. The zero-order valence-corrected chi connectivity index (χ0v) is 15.5. The molecule has 2 aromatic rings. The molecule has 0 saturated heterocycles. The van der Waals surface area contributed by atoms with Gasteiger partial charge in [0.1, 0.15) is 18.1 Å². The lowest BCUT2D eigenvalue weighted by atomic mass is 10.2. The Bertz CT molecular complexity index is 732. The predicted octanol–water partition coefficient (Wildman–Crippen LogP) is 2.94. The van der Waals surface area contributed by atoms with Crippen LogP contribution in [0.25, 0.3) is 0 Å². The fourth-order valence-electron chi connectivity index (χ4n) is 2.18. The molecule has 1 aromatic carbocycles. The van der Waals surface area contributed by atoms with Gasteiger partial charge in [0.2, 0.25) is 0 Å². The van der Waals surface area contributed by atoms with Gasteiger partial charge in [0.25, 0.3) is 5.91 Å². The first-order chi connectivity index (χ1) is 12.4. The van der Waals surface area contributed by atoms with E-state index >= 15 is 0 Å². The summed E-state index contributed by atoms with van der Waals surface area (Å²) < 4.78 is 15.8. The molecule has 26 heavy (non-hydrogen) atoms. The maximum Gasteiger partial charge on any atom is 0.338 e. The van der Waals surface area contributed by atoms with Crippen molar-refractivity contribution in [3.8, 4) is 5.75 Å². The molecule has 7 nitrogen and oxygen atoms in total. The first-order valence-corrected chi connectivity index (χ1v) is 8.51. The van der Waals surface area contributed by atoms with Gasteiger partial charge in [-0.05, 0) is 51.5 Å². The van der Waals surface area contributed by atoms with Crippen LogP contribution in [0.1, 0.15) is 47.6 Å². The van der Waals surface area contributed by atoms with Crippen molar-refractivity contribution in [2.24, 2.45) is 0 Å². The van der Waals surface area contributed by atoms with Crippen LogP contribution in [0, 0.1) is 13.8 Å². The van der Waals surface area contributed by atoms with E-state index in [-0.39, 0.29) is 18.6 Å². The standard InChI is InChI=1S/C19H24N2O5/c1-5-12(2)20-18(22)11-25-19(23)15-6-8-16(9-7-15)24-10-17-13(3)21-26-14(17)4/h6-9,12H,5,10-11H2,1-4H3,(H,20,22)/t12-/m1/s1. The van der Waals surface area contributed by atoms with Gasteiger partial charge in [-0.3, -0.25) is 4.79 Å². The minimum atomic E-state index is -0.554. The minimum Gasteiger partial charge on any atom is -0.489 e. The molecule has 0 bridgehead atoms. The molecule has 0 saturated carbocycles. The van der Waals surface area contributed by atoms with Crippen LogP contribution in [0.5, 0.6) is 5.75 Å². The van der Waals surface area contributed by atoms with Gasteiger partial charge in [0.05, 0.1) is 16.8 Å². The Balaban J connectivity index is 1.84. The molecule has 0 radical (unpaired) electrons. The number of aromatic nitrogens is 1. The zero-order chi connectivity index (χ0) is 19.1. The van der Waals surface area contributed by atoms with Crippen LogP contribution >= 0.6 is 0 Å². The number of carbonyl (C=O) groups excluding carboxylic acids is 2. The summed E-state index contributed by atoms with van der Waals surface area (Å²) in [6, 6.07) is 6.59. The summed E-state index contributed by atoms with van der Waals surface area (Å²) in [6.07, 6.45) is 0.815. The molecule has 0 spiro atoms. The number of aryl methyl sites for hydroxylation is 2. The second-order valence-corrected chi connectivity index (χ2v) is 6.07. The van der Waals surface area contributed by atoms with Crippen molar-refractivity contribution in [1.82, 2.24) is 10.5 Å². The molecule has 7 heteroatoms. The molecule has 0 aliphatic carbocycles. The van der Waals surface area contributed by atoms with Crippen LogP contribution < -0.4 is 10.1 Å². The molecule has 1 aromatic heterocycles. The Morgan fingerprint density at radius 2 is 1.92 bits per heavy atom. The van der Waals surface area contributed by atoms with Gasteiger partial charge >= 0.3 is 5.97 Å². The quantitative estimate of drug-likeness (QED) is 0.728. The molecular weight excluding hydrogens is 336 g/mol. The van der Waals surface area contributed by atoms with E-state index in [4.69, 9.17) is 14.0 Å². The van der Waals surface area contributed by atoms with E-state index in [9.17, 15) is 9.59 Å². The highest BCUT2D eigenvalue weighted by Crippen LogP contribution is 2.18. The Labute approximate surface area is 152 Å². The smallest absolute Gasteiger partial charge is 0.338 e. The molecule has 1 amide bonds. The van der Waals surface area contributed by atoms with Crippen LogP contribution in [-0.2, 0) is 16.1 Å². The fraction of sp³-hybridized carbons (Fsp3) is 0.421. The average Bonchev–Trinajstić information content (AvgIpc) is 2.96. The molecule has 0 aliphatic heterocycles. The average molecular weight is 360 g/mol.